The van der Waals surface area contributed by atoms with Crippen molar-refractivity contribution in [1.29, 1.82) is 0 Å². The van der Waals surface area contributed by atoms with E-state index in [1.807, 2.05) is 0 Å². The van der Waals surface area contributed by atoms with E-state index in [2.05, 4.69) is 10.1 Å². The summed E-state index contributed by atoms with van der Waals surface area (Å²) in [5, 5.41) is 3.66. The first-order valence-corrected chi connectivity index (χ1v) is 6.26. The SMILES string of the molecule is CC(C)OC(=O)c1nn(-c2cccc(C(F)(F)F)c2)c(=O)[nH]1. The Kier molecular flexibility index (Phi) is 4.07. The summed E-state index contributed by atoms with van der Waals surface area (Å²) >= 11 is 0. The van der Waals surface area contributed by atoms with Gasteiger partial charge in [0, 0.05) is 0 Å². The lowest BCUT2D eigenvalue weighted by Crippen LogP contribution is -2.17. The van der Waals surface area contributed by atoms with Gasteiger partial charge in [-0.05, 0) is 32.0 Å². The van der Waals surface area contributed by atoms with Crippen LogP contribution < -0.4 is 5.69 Å². The van der Waals surface area contributed by atoms with Gasteiger partial charge in [-0.2, -0.15) is 17.9 Å². The molecule has 1 aromatic carbocycles. The summed E-state index contributed by atoms with van der Waals surface area (Å²) in [6.07, 6.45) is -4.97. The number of esters is 1. The van der Waals surface area contributed by atoms with Gasteiger partial charge in [0.1, 0.15) is 0 Å². The molecule has 1 N–H and O–H groups in total. The molecule has 2 rings (SSSR count). The van der Waals surface area contributed by atoms with Crippen molar-refractivity contribution in [3.8, 4) is 5.69 Å². The largest absolute Gasteiger partial charge is 0.457 e. The van der Waals surface area contributed by atoms with E-state index in [1.54, 1.807) is 13.8 Å². The molecular weight excluding hydrogens is 303 g/mol. The molecule has 0 radical (unpaired) electrons. The molecular formula is C13H12F3N3O3. The fraction of sp³-hybridized carbons (Fsp3) is 0.308. The molecule has 0 saturated carbocycles. The number of nitrogens with one attached hydrogen (secondary N) is 1. The number of carbonyl (C=O) groups is 1. The van der Waals surface area contributed by atoms with E-state index in [0.29, 0.717) is 4.68 Å². The predicted octanol–water partition coefficient (Wildman–Crippen LogP) is 2.14. The average Bonchev–Trinajstić information content (AvgIpc) is 2.79. The lowest BCUT2D eigenvalue weighted by Gasteiger charge is -2.08. The van der Waals surface area contributed by atoms with E-state index >= 15 is 0 Å². The first-order valence-electron chi connectivity index (χ1n) is 6.26. The number of rotatable bonds is 3. The van der Waals surface area contributed by atoms with Crippen molar-refractivity contribution in [3.63, 3.8) is 0 Å². The number of halogens is 3. The second-order valence-electron chi connectivity index (χ2n) is 4.69. The van der Waals surface area contributed by atoms with Gasteiger partial charge in [-0.3, -0.25) is 4.98 Å². The Morgan fingerprint density at radius 2 is 2.05 bits per heavy atom. The van der Waals surface area contributed by atoms with E-state index in [4.69, 9.17) is 4.74 Å². The standard InChI is InChI=1S/C13H12F3N3O3/c1-7(2)22-11(20)10-17-12(21)19(18-10)9-5-3-4-8(6-9)13(14,15)16/h3-7H,1-2H3,(H,17,18,21). The summed E-state index contributed by atoms with van der Waals surface area (Å²) in [4.78, 5) is 25.5. The average molecular weight is 315 g/mol. The van der Waals surface area contributed by atoms with Gasteiger partial charge in [0.25, 0.3) is 0 Å². The van der Waals surface area contributed by atoms with E-state index in [-0.39, 0.29) is 11.5 Å². The molecule has 9 heteroatoms. The van der Waals surface area contributed by atoms with Crippen molar-refractivity contribution in [3.05, 3.63) is 46.1 Å². The quantitative estimate of drug-likeness (QED) is 0.880. The highest BCUT2D eigenvalue weighted by Gasteiger charge is 2.30. The van der Waals surface area contributed by atoms with Gasteiger partial charge in [-0.15, -0.1) is 5.10 Å². The molecule has 2 aromatic rings. The Morgan fingerprint density at radius 1 is 1.36 bits per heavy atom. The van der Waals surface area contributed by atoms with E-state index in [0.717, 1.165) is 18.2 Å². The van der Waals surface area contributed by atoms with E-state index in [9.17, 15) is 22.8 Å². The Bertz CT molecular complexity index is 747. The summed E-state index contributed by atoms with van der Waals surface area (Å²) in [7, 11) is 0. The van der Waals surface area contributed by atoms with Crippen LogP contribution in [0.3, 0.4) is 0 Å². The lowest BCUT2D eigenvalue weighted by molar-refractivity contribution is -0.137. The smallest absolute Gasteiger partial charge is 0.416 e. The number of alkyl halides is 3. The number of ether oxygens (including phenoxy) is 1. The molecule has 1 heterocycles. The van der Waals surface area contributed by atoms with Crippen LogP contribution in [0, 0.1) is 0 Å². The number of hydrogen-bond donors (Lipinski definition) is 1. The van der Waals surface area contributed by atoms with E-state index in [1.165, 1.54) is 6.07 Å². The second-order valence-corrected chi connectivity index (χ2v) is 4.69. The van der Waals surface area contributed by atoms with Crippen LogP contribution in [0.1, 0.15) is 30.0 Å². The van der Waals surface area contributed by atoms with Crippen LogP contribution in [0.15, 0.2) is 29.1 Å². The summed E-state index contributed by atoms with van der Waals surface area (Å²) in [6.45, 7) is 3.22. The maximum Gasteiger partial charge on any atom is 0.416 e. The molecule has 0 fully saturated rings. The van der Waals surface area contributed by atoms with Crippen LogP contribution in [-0.4, -0.2) is 26.8 Å². The minimum atomic E-state index is -4.55. The summed E-state index contributed by atoms with van der Waals surface area (Å²) in [6, 6.07) is 4.05. The summed E-state index contributed by atoms with van der Waals surface area (Å²) in [5.74, 6) is -1.24. The minimum absolute atomic E-state index is 0.111. The molecule has 0 aliphatic heterocycles. The number of hydrogen-bond acceptors (Lipinski definition) is 4. The number of aromatic amines is 1. The van der Waals surface area contributed by atoms with Crippen molar-refractivity contribution in [1.82, 2.24) is 14.8 Å². The van der Waals surface area contributed by atoms with Crippen molar-refractivity contribution in [2.24, 2.45) is 0 Å². The highest BCUT2D eigenvalue weighted by Crippen LogP contribution is 2.29. The molecule has 0 saturated heterocycles. The maximum atomic E-state index is 12.7. The van der Waals surface area contributed by atoms with Gasteiger partial charge < -0.3 is 4.74 Å². The van der Waals surface area contributed by atoms with Gasteiger partial charge in [0.15, 0.2) is 0 Å². The molecule has 0 bridgehead atoms. The Morgan fingerprint density at radius 3 is 2.64 bits per heavy atom. The molecule has 0 aliphatic rings. The molecule has 118 valence electrons. The van der Waals surface area contributed by atoms with Crippen LogP contribution in [-0.2, 0) is 10.9 Å². The fourth-order valence-corrected chi connectivity index (χ4v) is 1.68. The Balaban J connectivity index is 2.40. The zero-order chi connectivity index (χ0) is 16.5. The second kappa shape index (κ2) is 5.66. The van der Waals surface area contributed by atoms with Gasteiger partial charge in [0.05, 0.1) is 17.4 Å². The normalized spacial score (nSPS) is 11.7. The zero-order valence-electron chi connectivity index (χ0n) is 11.6. The number of carbonyl (C=O) groups excluding carboxylic acids is 1. The third kappa shape index (κ3) is 3.35. The van der Waals surface area contributed by atoms with Crippen LogP contribution in [0.25, 0.3) is 5.69 Å². The molecule has 0 unspecified atom stereocenters. The van der Waals surface area contributed by atoms with Gasteiger partial charge in [-0.25, -0.2) is 9.59 Å². The Labute approximate surface area is 122 Å². The number of nitrogens with zero attached hydrogens (tertiary/aromatic N) is 2. The van der Waals surface area contributed by atoms with Crippen LogP contribution >= 0.6 is 0 Å². The Hall–Kier alpha value is -2.58. The zero-order valence-corrected chi connectivity index (χ0v) is 11.6. The highest BCUT2D eigenvalue weighted by atomic mass is 19.4. The molecule has 6 nitrogen and oxygen atoms in total. The van der Waals surface area contributed by atoms with Gasteiger partial charge in [-0.1, -0.05) is 6.07 Å². The van der Waals surface area contributed by atoms with Gasteiger partial charge in [0.2, 0.25) is 5.82 Å². The van der Waals surface area contributed by atoms with Crippen molar-refractivity contribution < 1.29 is 22.7 Å². The molecule has 0 atom stereocenters. The monoisotopic (exact) mass is 315 g/mol. The third-order valence-electron chi connectivity index (χ3n) is 2.57. The van der Waals surface area contributed by atoms with Crippen LogP contribution in [0.5, 0.6) is 0 Å². The predicted molar refractivity (Wildman–Crippen MR) is 69.7 cm³/mol. The van der Waals surface area contributed by atoms with Gasteiger partial charge >= 0.3 is 17.8 Å². The van der Waals surface area contributed by atoms with E-state index < -0.39 is 29.5 Å². The highest BCUT2D eigenvalue weighted by molar-refractivity contribution is 5.85. The van der Waals surface area contributed by atoms with Crippen molar-refractivity contribution in [2.75, 3.05) is 0 Å². The lowest BCUT2D eigenvalue weighted by atomic mass is 10.2. The first-order chi connectivity index (χ1) is 10.2. The number of H-pyrrole nitrogens is 1. The summed E-state index contributed by atoms with van der Waals surface area (Å²) in [5.41, 5.74) is -1.87. The molecule has 0 amide bonds. The number of aromatic nitrogens is 3. The van der Waals surface area contributed by atoms with Crippen LogP contribution in [0.2, 0.25) is 0 Å². The number of benzene rings is 1. The molecule has 0 aliphatic carbocycles. The molecule has 1 aromatic heterocycles. The van der Waals surface area contributed by atoms with Crippen LogP contribution in [0.4, 0.5) is 13.2 Å². The topological polar surface area (TPSA) is 77.0 Å². The fourth-order valence-electron chi connectivity index (χ4n) is 1.68. The molecule has 22 heavy (non-hydrogen) atoms. The third-order valence-corrected chi connectivity index (χ3v) is 2.57. The first kappa shape index (κ1) is 15.8. The summed E-state index contributed by atoms with van der Waals surface area (Å²) < 4.78 is 43.5. The van der Waals surface area contributed by atoms with Crippen molar-refractivity contribution in [2.45, 2.75) is 26.1 Å². The molecule has 0 spiro atoms. The van der Waals surface area contributed by atoms with Crippen molar-refractivity contribution >= 4 is 5.97 Å². The maximum absolute atomic E-state index is 12.7. The minimum Gasteiger partial charge on any atom is -0.457 e.